The summed E-state index contributed by atoms with van der Waals surface area (Å²) < 4.78 is 12.1. The standard InChI is InChI=1S/C6H5ClFN/c7-9(8)6-4-2-1-3-5-6/h1-5H. The molecule has 0 bridgehead atoms. The molecule has 0 saturated heterocycles. The molecule has 0 unspecified atom stereocenters. The van der Waals surface area contributed by atoms with E-state index in [2.05, 4.69) is 0 Å². The lowest BCUT2D eigenvalue weighted by molar-refractivity contribution is 0.540. The van der Waals surface area contributed by atoms with Crippen molar-refractivity contribution in [1.29, 1.82) is 0 Å². The average Bonchev–Trinajstić information content (AvgIpc) is 1.90. The molecular formula is C6H5ClFN. The molecule has 3 heteroatoms. The van der Waals surface area contributed by atoms with E-state index < -0.39 is 0 Å². The van der Waals surface area contributed by atoms with E-state index in [0.717, 1.165) is 0 Å². The van der Waals surface area contributed by atoms with Gasteiger partial charge in [-0.15, -0.1) is 4.64 Å². The topological polar surface area (TPSA) is 3.24 Å². The van der Waals surface area contributed by atoms with Crippen molar-refractivity contribution < 1.29 is 4.48 Å². The minimum absolute atomic E-state index is 0.0556. The molecule has 0 spiro atoms. The summed E-state index contributed by atoms with van der Waals surface area (Å²) in [6.45, 7) is 0. The number of para-hydroxylation sites is 1. The second kappa shape index (κ2) is 2.69. The maximum Gasteiger partial charge on any atom is 0.0879 e. The van der Waals surface area contributed by atoms with Crippen LogP contribution in [0.5, 0.6) is 0 Å². The second-order valence-electron chi connectivity index (χ2n) is 1.57. The van der Waals surface area contributed by atoms with Crippen LogP contribution in [0.15, 0.2) is 30.3 Å². The molecule has 0 radical (unpaired) electrons. The third kappa shape index (κ3) is 1.57. The highest BCUT2D eigenvalue weighted by Gasteiger charge is 1.95. The van der Waals surface area contributed by atoms with Crippen LogP contribution in [0, 0.1) is 0 Å². The molecule has 0 amide bonds. The predicted molar refractivity (Wildman–Crippen MR) is 35.9 cm³/mol. The van der Waals surface area contributed by atoms with Gasteiger partial charge in [-0.1, -0.05) is 22.7 Å². The molecule has 0 atom stereocenters. The number of hydrogen-bond donors (Lipinski definition) is 0. The van der Waals surface area contributed by atoms with E-state index >= 15 is 0 Å². The largest absolute Gasteiger partial charge is 0.117 e. The van der Waals surface area contributed by atoms with Gasteiger partial charge in [0.2, 0.25) is 0 Å². The highest BCUT2D eigenvalue weighted by Crippen LogP contribution is 2.14. The Labute approximate surface area is 57.7 Å². The van der Waals surface area contributed by atoms with Crippen LogP contribution >= 0.6 is 11.8 Å². The van der Waals surface area contributed by atoms with Crippen LogP contribution in [-0.2, 0) is 0 Å². The van der Waals surface area contributed by atoms with E-state index in [-0.39, 0.29) is 4.64 Å². The number of anilines is 1. The predicted octanol–water partition coefficient (Wildman–Crippen LogP) is 2.53. The van der Waals surface area contributed by atoms with Crippen molar-refractivity contribution in [2.75, 3.05) is 4.64 Å². The summed E-state index contributed by atoms with van der Waals surface area (Å²) in [4.78, 5) is 0. The van der Waals surface area contributed by atoms with E-state index in [0.29, 0.717) is 5.69 Å². The number of hydrogen-bond acceptors (Lipinski definition) is 1. The van der Waals surface area contributed by atoms with Gasteiger partial charge in [-0.3, -0.25) is 0 Å². The first-order valence-corrected chi connectivity index (χ1v) is 2.81. The molecule has 0 aliphatic rings. The maximum absolute atomic E-state index is 12.0. The fraction of sp³-hybridized carbons (Fsp3) is 0. The first-order chi connectivity index (χ1) is 4.30. The zero-order chi connectivity index (χ0) is 6.69. The van der Waals surface area contributed by atoms with Crippen LogP contribution in [0.2, 0.25) is 0 Å². The highest BCUT2D eigenvalue weighted by molar-refractivity contribution is 6.24. The lowest BCUT2D eigenvalue weighted by atomic mass is 10.3. The molecule has 1 aromatic rings. The molecular weight excluding hydrogens is 141 g/mol. The summed E-state index contributed by atoms with van der Waals surface area (Å²) in [6, 6.07) is 8.37. The van der Waals surface area contributed by atoms with Crippen molar-refractivity contribution in [1.82, 2.24) is 0 Å². The lowest BCUT2D eigenvalue weighted by Gasteiger charge is -2.00. The fourth-order valence-corrected chi connectivity index (χ4v) is 0.653. The number of rotatable bonds is 1. The molecule has 9 heavy (non-hydrogen) atoms. The average molecular weight is 146 g/mol. The van der Waals surface area contributed by atoms with Gasteiger partial charge in [0.25, 0.3) is 0 Å². The molecule has 0 fully saturated rings. The third-order valence-electron chi connectivity index (χ3n) is 0.951. The quantitative estimate of drug-likeness (QED) is 0.549. The molecule has 48 valence electrons. The van der Waals surface area contributed by atoms with Crippen LogP contribution < -0.4 is 4.64 Å². The smallest absolute Gasteiger partial charge is 0.0879 e. The minimum Gasteiger partial charge on any atom is -0.117 e. The summed E-state index contributed by atoms with van der Waals surface area (Å²) >= 11 is 4.97. The number of nitrogens with zero attached hydrogens (tertiary/aromatic N) is 1. The van der Waals surface area contributed by atoms with Gasteiger partial charge in [0.05, 0.1) is 5.69 Å². The summed E-state index contributed by atoms with van der Waals surface area (Å²) in [7, 11) is 0. The van der Waals surface area contributed by atoms with Crippen LogP contribution in [0.25, 0.3) is 0 Å². The molecule has 0 N–H and O–H groups in total. The molecule has 1 nitrogen and oxygen atoms in total. The zero-order valence-electron chi connectivity index (χ0n) is 4.59. The van der Waals surface area contributed by atoms with Crippen molar-refractivity contribution >= 4 is 17.5 Å². The summed E-state index contributed by atoms with van der Waals surface area (Å²) in [5.74, 6) is 0. The van der Waals surface area contributed by atoms with E-state index in [1.54, 1.807) is 30.3 Å². The fourth-order valence-electron chi connectivity index (χ4n) is 0.541. The Hall–Kier alpha value is -0.760. The normalized spacial score (nSPS) is 9.11. The Bertz CT molecular complexity index is 176. The zero-order valence-corrected chi connectivity index (χ0v) is 5.35. The van der Waals surface area contributed by atoms with Gasteiger partial charge >= 0.3 is 0 Å². The van der Waals surface area contributed by atoms with Gasteiger partial charge in [0.15, 0.2) is 0 Å². The lowest BCUT2D eigenvalue weighted by Crippen LogP contribution is -1.91. The van der Waals surface area contributed by atoms with E-state index in [4.69, 9.17) is 11.8 Å². The van der Waals surface area contributed by atoms with Crippen molar-refractivity contribution in [2.24, 2.45) is 0 Å². The Morgan fingerprint density at radius 1 is 1.22 bits per heavy atom. The summed E-state index contributed by atoms with van der Waals surface area (Å²) in [5, 5.41) is 0. The molecule has 1 aromatic carbocycles. The Balaban J connectivity index is 2.85. The minimum atomic E-state index is 0.0556. The van der Waals surface area contributed by atoms with Gasteiger partial charge in [-0.25, -0.2) is 0 Å². The van der Waals surface area contributed by atoms with E-state index in [1.165, 1.54) is 0 Å². The summed E-state index contributed by atoms with van der Waals surface area (Å²) in [5.41, 5.74) is 0.346. The number of benzene rings is 1. The van der Waals surface area contributed by atoms with Crippen LogP contribution in [0.4, 0.5) is 10.2 Å². The van der Waals surface area contributed by atoms with Crippen LogP contribution in [0.1, 0.15) is 0 Å². The molecule has 0 aliphatic heterocycles. The highest BCUT2D eigenvalue weighted by atomic mass is 35.5. The Kier molecular flexibility index (Phi) is 1.90. The Morgan fingerprint density at radius 3 is 2.11 bits per heavy atom. The molecule has 1 rings (SSSR count). The van der Waals surface area contributed by atoms with Crippen molar-refractivity contribution in [3.05, 3.63) is 30.3 Å². The van der Waals surface area contributed by atoms with Gasteiger partial charge in [-0.05, 0) is 12.1 Å². The molecule has 0 aliphatic carbocycles. The number of halogens is 2. The first-order valence-electron chi connectivity index (χ1n) is 2.47. The Morgan fingerprint density at radius 2 is 1.78 bits per heavy atom. The van der Waals surface area contributed by atoms with Crippen LogP contribution in [-0.4, -0.2) is 0 Å². The maximum atomic E-state index is 12.0. The molecule has 0 aromatic heterocycles. The van der Waals surface area contributed by atoms with Gasteiger partial charge in [0.1, 0.15) is 0 Å². The van der Waals surface area contributed by atoms with Crippen LogP contribution in [0.3, 0.4) is 0 Å². The SMILES string of the molecule is FN(Cl)c1ccccc1. The third-order valence-corrected chi connectivity index (χ3v) is 1.15. The molecule has 0 saturated carbocycles. The van der Waals surface area contributed by atoms with Gasteiger partial charge in [-0.2, -0.15) is 0 Å². The van der Waals surface area contributed by atoms with Crippen molar-refractivity contribution in [3.63, 3.8) is 0 Å². The van der Waals surface area contributed by atoms with Crippen molar-refractivity contribution in [3.8, 4) is 0 Å². The summed E-state index contributed by atoms with van der Waals surface area (Å²) in [6.07, 6.45) is 0. The van der Waals surface area contributed by atoms with E-state index in [9.17, 15) is 4.48 Å². The second-order valence-corrected chi connectivity index (χ2v) is 1.87. The van der Waals surface area contributed by atoms with Crippen molar-refractivity contribution in [2.45, 2.75) is 0 Å². The monoisotopic (exact) mass is 145 g/mol. The van der Waals surface area contributed by atoms with E-state index in [1.807, 2.05) is 0 Å². The first kappa shape index (κ1) is 6.36. The van der Waals surface area contributed by atoms with Gasteiger partial charge in [0, 0.05) is 11.8 Å². The molecule has 0 heterocycles. The van der Waals surface area contributed by atoms with Gasteiger partial charge < -0.3 is 0 Å².